The fourth-order valence-corrected chi connectivity index (χ4v) is 1.95. The molecule has 136 valence electrons. The molecule has 0 aromatic rings. The number of nitrogens with one attached hydrogen (secondary N) is 2. The van der Waals surface area contributed by atoms with Gasteiger partial charge in [0.25, 0.3) is 0 Å². The highest BCUT2D eigenvalue weighted by Crippen LogP contribution is 2.01. The molecule has 1 rings (SSSR count). The zero-order valence-corrected chi connectivity index (χ0v) is 14.0. The largest absolute Gasteiger partial charge is 0.469 e. The third kappa shape index (κ3) is 12.3. The highest BCUT2D eigenvalue weighted by molar-refractivity contribution is 5.69. The molecular formula is C15H30N2O6. The van der Waals surface area contributed by atoms with Gasteiger partial charge in [-0.05, 0) is 0 Å². The van der Waals surface area contributed by atoms with Crippen LogP contribution in [-0.4, -0.2) is 91.6 Å². The molecule has 1 heterocycles. The molecule has 2 N–H and O–H groups in total. The van der Waals surface area contributed by atoms with Gasteiger partial charge < -0.3 is 34.3 Å². The molecule has 0 amide bonds. The van der Waals surface area contributed by atoms with Crippen LogP contribution in [0.15, 0.2) is 0 Å². The fourth-order valence-electron chi connectivity index (χ4n) is 1.95. The van der Waals surface area contributed by atoms with Crippen molar-refractivity contribution in [2.24, 2.45) is 0 Å². The number of carbonyl (C=O) groups excluding carboxylic acids is 1. The van der Waals surface area contributed by atoms with Crippen molar-refractivity contribution in [2.45, 2.75) is 12.5 Å². The Balaban J connectivity index is 2.28. The molecule has 1 atom stereocenters. The fraction of sp³-hybridized carbons (Fsp3) is 0.933. The Bertz CT molecular complexity index is 275. The molecule has 1 aliphatic heterocycles. The summed E-state index contributed by atoms with van der Waals surface area (Å²) in [5.41, 5.74) is 0. The van der Waals surface area contributed by atoms with E-state index < -0.39 is 0 Å². The Labute approximate surface area is 138 Å². The molecule has 0 saturated carbocycles. The highest BCUT2D eigenvalue weighted by atomic mass is 16.5. The second-order valence-electron chi connectivity index (χ2n) is 5.07. The topological polar surface area (TPSA) is 87.3 Å². The van der Waals surface area contributed by atoms with Crippen molar-refractivity contribution in [1.82, 2.24) is 10.6 Å². The van der Waals surface area contributed by atoms with Gasteiger partial charge in [-0.3, -0.25) is 4.79 Å². The van der Waals surface area contributed by atoms with Gasteiger partial charge in [0.2, 0.25) is 0 Å². The first-order chi connectivity index (χ1) is 11.3. The van der Waals surface area contributed by atoms with Gasteiger partial charge in [-0.15, -0.1) is 0 Å². The third-order valence-corrected chi connectivity index (χ3v) is 3.20. The van der Waals surface area contributed by atoms with E-state index in [1.807, 2.05) is 0 Å². The quantitative estimate of drug-likeness (QED) is 0.633. The van der Waals surface area contributed by atoms with Gasteiger partial charge in [0.15, 0.2) is 0 Å². The van der Waals surface area contributed by atoms with Gasteiger partial charge in [-0.1, -0.05) is 0 Å². The van der Waals surface area contributed by atoms with Crippen molar-refractivity contribution in [3.8, 4) is 0 Å². The maximum absolute atomic E-state index is 11.4. The zero-order chi connectivity index (χ0) is 16.6. The third-order valence-electron chi connectivity index (χ3n) is 3.20. The van der Waals surface area contributed by atoms with Gasteiger partial charge >= 0.3 is 5.97 Å². The van der Waals surface area contributed by atoms with E-state index in [4.69, 9.17) is 18.9 Å². The number of hydrogen-bond donors (Lipinski definition) is 2. The van der Waals surface area contributed by atoms with Crippen LogP contribution in [0.25, 0.3) is 0 Å². The highest BCUT2D eigenvalue weighted by Gasteiger charge is 2.15. The average molecular weight is 334 g/mol. The molecule has 0 spiro atoms. The van der Waals surface area contributed by atoms with Gasteiger partial charge in [-0.25, -0.2) is 0 Å². The van der Waals surface area contributed by atoms with Crippen molar-refractivity contribution in [3.63, 3.8) is 0 Å². The van der Waals surface area contributed by atoms with Crippen molar-refractivity contribution in [1.29, 1.82) is 0 Å². The summed E-state index contributed by atoms with van der Waals surface area (Å²) in [5, 5.41) is 6.44. The first-order valence-electron chi connectivity index (χ1n) is 8.16. The predicted molar refractivity (Wildman–Crippen MR) is 84.6 cm³/mol. The molecule has 8 nitrogen and oxygen atoms in total. The standard InChI is InChI=1S/C15H30N2O6/c1-19-15(18)12-14-13-22-8-4-16-2-6-20-10-11-21-7-3-17-5-9-23-14/h14,16-17H,2-13H2,1H3/t14-/m0/s1. The monoisotopic (exact) mass is 334 g/mol. The van der Waals surface area contributed by atoms with Crippen molar-refractivity contribution < 1.29 is 28.5 Å². The van der Waals surface area contributed by atoms with Crippen molar-refractivity contribution >= 4 is 5.97 Å². The minimum atomic E-state index is -0.294. The Kier molecular flexibility index (Phi) is 13.0. The molecule has 0 bridgehead atoms. The number of carbonyl (C=O) groups is 1. The molecule has 0 unspecified atom stereocenters. The minimum absolute atomic E-state index is 0.195. The first-order valence-corrected chi connectivity index (χ1v) is 8.16. The van der Waals surface area contributed by atoms with E-state index in [-0.39, 0.29) is 18.5 Å². The van der Waals surface area contributed by atoms with Crippen molar-refractivity contribution in [2.75, 3.05) is 79.5 Å². The smallest absolute Gasteiger partial charge is 0.308 e. The Morgan fingerprint density at radius 1 is 0.913 bits per heavy atom. The summed E-state index contributed by atoms with van der Waals surface area (Å²) in [6.07, 6.45) is -0.0938. The summed E-state index contributed by atoms with van der Waals surface area (Å²) in [5.74, 6) is -0.294. The average Bonchev–Trinajstić information content (AvgIpc) is 2.56. The van der Waals surface area contributed by atoms with E-state index in [1.165, 1.54) is 7.11 Å². The van der Waals surface area contributed by atoms with Crippen LogP contribution in [-0.2, 0) is 28.5 Å². The molecule has 23 heavy (non-hydrogen) atoms. The van der Waals surface area contributed by atoms with Crippen LogP contribution in [0, 0.1) is 0 Å². The number of ether oxygens (including phenoxy) is 5. The lowest BCUT2D eigenvalue weighted by Crippen LogP contribution is -2.31. The van der Waals surface area contributed by atoms with E-state index in [1.54, 1.807) is 0 Å². The summed E-state index contributed by atoms with van der Waals surface area (Å²) >= 11 is 0. The van der Waals surface area contributed by atoms with E-state index in [9.17, 15) is 4.79 Å². The van der Waals surface area contributed by atoms with Crippen LogP contribution in [0.4, 0.5) is 0 Å². The molecule has 0 aromatic carbocycles. The number of methoxy groups -OCH3 is 1. The molecule has 0 aromatic heterocycles. The zero-order valence-electron chi connectivity index (χ0n) is 14.0. The summed E-state index contributed by atoms with van der Waals surface area (Å²) in [4.78, 5) is 11.4. The lowest BCUT2D eigenvalue weighted by Gasteiger charge is -2.18. The van der Waals surface area contributed by atoms with E-state index in [2.05, 4.69) is 15.4 Å². The first kappa shape index (κ1) is 20.3. The van der Waals surface area contributed by atoms with Gasteiger partial charge in [-0.2, -0.15) is 0 Å². The summed E-state index contributed by atoms with van der Waals surface area (Å²) < 4.78 is 26.8. The molecular weight excluding hydrogens is 304 g/mol. The lowest BCUT2D eigenvalue weighted by molar-refractivity contribution is -0.145. The van der Waals surface area contributed by atoms with Gasteiger partial charge in [0, 0.05) is 26.2 Å². The Hall–Kier alpha value is -0.770. The minimum Gasteiger partial charge on any atom is -0.469 e. The summed E-state index contributed by atoms with van der Waals surface area (Å²) in [6.45, 7) is 6.87. The van der Waals surface area contributed by atoms with Crippen LogP contribution in [0.1, 0.15) is 6.42 Å². The summed E-state index contributed by atoms with van der Waals surface area (Å²) in [6, 6.07) is 0. The maximum Gasteiger partial charge on any atom is 0.308 e. The van der Waals surface area contributed by atoms with Crippen LogP contribution in [0.3, 0.4) is 0 Å². The number of hydrogen-bond acceptors (Lipinski definition) is 8. The molecule has 1 fully saturated rings. The Morgan fingerprint density at radius 3 is 2.09 bits per heavy atom. The van der Waals surface area contributed by atoms with Crippen LogP contribution >= 0.6 is 0 Å². The number of rotatable bonds is 2. The maximum atomic E-state index is 11.4. The number of esters is 1. The van der Waals surface area contributed by atoms with E-state index in [0.29, 0.717) is 52.8 Å². The van der Waals surface area contributed by atoms with Gasteiger partial charge in [0.05, 0.1) is 65.9 Å². The molecule has 8 heteroatoms. The van der Waals surface area contributed by atoms with Crippen LogP contribution < -0.4 is 10.6 Å². The van der Waals surface area contributed by atoms with Gasteiger partial charge in [0.1, 0.15) is 0 Å². The molecule has 1 saturated heterocycles. The normalized spacial score (nSPS) is 24.3. The summed E-state index contributed by atoms with van der Waals surface area (Å²) in [7, 11) is 1.37. The Morgan fingerprint density at radius 2 is 1.48 bits per heavy atom. The van der Waals surface area contributed by atoms with E-state index >= 15 is 0 Å². The van der Waals surface area contributed by atoms with E-state index in [0.717, 1.165) is 19.6 Å². The second kappa shape index (κ2) is 14.8. The predicted octanol–water partition coefficient (Wildman–Crippen LogP) is -0.823. The van der Waals surface area contributed by atoms with Crippen LogP contribution in [0.5, 0.6) is 0 Å². The molecule has 0 aliphatic carbocycles. The molecule has 1 aliphatic rings. The van der Waals surface area contributed by atoms with Crippen LogP contribution in [0.2, 0.25) is 0 Å². The lowest BCUT2D eigenvalue weighted by atomic mass is 10.2. The molecule has 0 radical (unpaired) electrons. The van der Waals surface area contributed by atoms with Crippen molar-refractivity contribution in [3.05, 3.63) is 0 Å². The SMILES string of the molecule is COC(=O)C[C@H]1COCCNCCOCCOCCNCCO1. The second-order valence-corrected chi connectivity index (χ2v) is 5.07.